The summed E-state index contributed by atoms with van der Waals surface area (Å²) in [6.07, 6.45) is 1.75. The molecule has 1 aliphatic heterocycles. The van der Waals surface area contributed by atoms with Crippen molar-refractivity contribution in [3.05, 3.63) is 53.1 Å². The first-order valence-corrected chi connectivity index (χ1v) is 10.2. The van der Waals surface area contributed by atoms with Crippen LogP contribution in [-0.4, -0.2) is 51.2 Å². The number of nitrogens with zero attached hydrogens (tertiary/aromatic N) is 4. The highest BCUT2D eigenvalue weighted by Crippen LogP contribution is 2.21. The molecule has 0 radical (unpaired) electrons. The number of aromatic nitrogens is 2. The molecule has 0 N–H and O–H groups in total. The van der Waals surface area contributed by atoms with Gasteiger partial charge in [0.05, 0.1) is 5.69 Å². The lowest BCUT2D eigenvalue weighted by atomic mass is 10.0. The van der Waals surface area contributed by atoms with Crippen LogP contribution < -0.4 is 0 Å². The summed E-state index contributed by atoms with van der Waals surface area (Å²) in [7, 11) is 1.84. The Bertz CT molecular complexity index is 799. The van der Waals surface area contributed by atoms with E-state index < -0.39 is 0 Å². The molecule has 0 saturated carbocycles. The van der Waals surface area contributed by atoms with E-state index in [1.165, 1.54) is 12.1 Å². The summed E-state index contributed by atoms with van der Waals surface area (Å²) in [5.74, 6) is 0.259. The smallest absolute Gasteiger partial charge is 0.272 e. The van der Waals surface area contributed by atoms with Gasteiger partial charge in [-0.2, -0.15) is 5.10 Å². The summed E-state index contributed by atoms with van der Waals surface area (Å²) in [6, 6.07) is 8.90. The van der Waals surface area contributed by atoms with Crippen LogP contribution in [0.4, 0.5) is 4.39 Å². The maximum absolute atomic E-state index is 13.2. The Labute approximate surface area is 167 Å². The molecule has 0 spiro atoms. The van der Waals surface area contributed by atoms with E-state index in [9.17, 15) is 9.18 Å². The molecule has 152 valence electrons. The standard InChI is InChI=1S/C22H31FN4O/c1-5-19-13-20(25(4)24-19)22(28)27-12-6-11-26(21(15-27)16(2)3)14-17-7-9-18(23)10-8-17/h7-10,13,16,21H,5-6,11-12,14-15H2,1-4H3/t21-/m1/s1. The zero-order valence-corrected chi connectivity index (χ0v) is 17.4. The number of hydrogen-bond donors (Lipinski definition) is 0. The molecule has 1 fully saturated rings. The molecule has 0 aliphatic carbocycles. The summed E-state index contributed by atoms with van der Waals surface area (Å²) in [4.78, 5) is 17.6. The number of benzene rings is 1. The lowest BCUT2D eigenvalue weighted by molar-refractivity contribution is 0.0691. The predicted molar refractivity (Wildman–Crippen MR) is 109 cm³/mol. The highest BCUT2D eigenvalue weighted by atomic mass is 19.1. The van der Waals surface area contributed by atoms with Gasteiger partial charge in [-0.05, 0) is 42.5 Å². The molecule has 1 atom stereocenters. The van der Waals surface area contributed by atoms with Gasteiger partial charge < -0.3 is 4.90 Å². The largest absolute Gasteiger partial charge is 0.336 e. The summed E-state index contributed by atoms with van der Waals surface area (Å²) in [6.45, 7) is 9.60. The van der Waals surface area contributed by atoms with Gasteiger partial charge in [0.15, 0.2) is 0 Å². The lowest BCUT2D eigenvalue weighted by Gasteiger charge is -2.34. The molecule has 6 heteroatoms. The topological polar surface area (TPSA) is 41.4 Å². The third kappa shape index (κ3) is 4.61. The first-order valence-electron chi connectivity index (χ1n) is 10.2. The molecule has 1 amide bonds. The number of aryl methyl sites for hydroxylation is 2. The van der Waals surface area contributed by atoms with Crippen LogP contribution in [0.2, 0.25) is 0 Å². The Hall–Kier alpha value is -2.21. The second kappa shape index (κ2) is 8.86. The molecule has 1 saturated heterocycles. The zero-order chi connectivity index (χ0) is 20.3. The van der Waals surface area contributed by atoms with Gasteiger partial charge in [-0.15, -0.1) is 0 Å². The Morgan fingerprint density at radius 3 is 2.57 bits per heavy atom. The summed E-state index contributed by atoms with van der Waals surface area (Å²) < 4.78 is 14.9. The van der Waals surface area contributed by atoms with E-state index in [0.29, 0.717) is 18.2 Å². The van der Waals surface area contributed by atoms with Crippen molar-refractivity contribution in [1.29, 1.82) is 0 Å². The third-order valence-corrected chi connectivity index (χ3v) is 5.62. The molecule has 28 heavy (non-hydrogen) atoms. The number of carbonyl (C=O) groups is 1. The Balaban J connectivity index is 1.77. The van der Waals surface area contributed by atoms with Gasteiger partial charge in [0.25, 0.3) is 5.91 Å². The van der Waals surface area contributed by atoms with Crippen LogP contribution in [0.1, 0.15) is 48.9 Å². The molecule has 2 aromatic rings. The molecular formula is C22H31FN4O. The average Bonchev–Trinajstić information content (AvgIpc) is 2.92. The number of carbonyl (C=O) groups excluding carboxylic acids is 1. The molecule has 5 nitrogen and oxygen atoms in total. The minimum Gasteiger partial charge on any atom is -0.336 e. The number of amides is 1. The number of rotatable bonds is 5. The second-order valence-corrected chi connectivity index (χ2v) is 8.01. The van der Waals surface area contributed by atoms with Crippen LogP contribution in [0.25, 0.3) is 0 Å². The highest BCUT2D eigenvalue weighted by Gasteiger charge is 2.31. The first-order chi connectivity index (χ1) is 13.4. The van der Waals surface area contributed by atoms with Crippen molar-refractivity contribution in [2.75, 3.05) is 19.6 Å². The van der Waals surface area contributed by atoms with Gasteiger partial charge in [-0.25, -0.2) is 4.39 Å². The maximum Gasteiger partial charge on any atom is 0.272 e. The fourth-order valence-electron chi connectivity index (χ4n) is 3.96. The van der Waals surface area contributed by atoms with Crippen LogP contribution in [0.3, 0.4) is 0 Å². The number of halogens is 1. The van der Waals surface area contributed by atoms with Crippen molar-refractivity contribution in [1.82, 2.24) is 19.6 Å². The van der Waals surface area contributed by atoms with Crippen LogP contribution in [0.15, 0.2) is 30.3 Å². The van der Waals surface area contributed by atoms with Crippen LogP contribution >= 0.6 is 0 Å². The third-order valence-electron chi connectivity index (χ3n) is 5.62. The van der Waals surface area contributed by atoms with Crippen molar-refractivity contribution < 1.29 is 9.18 Å². The average molecular weight is 387 g/mol. The van der Waals surface area contributed by atoms with E-state index in [1.807, 2.05) is 37.1 Å². The fourth-order valence-corrected chi connectivity index (χ4v) is 3.96. The molecule has 0 unspecified atom stereocenters. The van der Waals surface area contributed by atoms with Crippen molar-refractivity contribution in [2.24, 2.45) is 13.0 Å². The van der Waals surface area contributed by atoms with Crippen LogP contribution in [0.5, 0.6) is 0 Å². The molecule has 0 bridgehead atoms. The van der Waals surface area contributed by atoms with Crippen molar-refractivity contribution >= 4 is 5.91 Å². The Morgan fingerprint density at radius 1 is 1.25 bits per heavy atom. The summed E-state index contributed by atoms with van der Waals surface area (Å²) in [5, 5.41) is 4.43. The molecule has 3 rings (SSSR count). The van der Waals surface area contributed by atoms with Crippen LogP contribution in [-0.2, 0) is 20.0 Å². The fraction of sp³-hybridized carbons (Fsp3) is 0.545. The SMILES string of the molecule is CCc1cc(C(=O)N2CCCN(Cc3ccc(F)cc3)[C@@H](C(C)C)C2)n(C)n1. The predicted octanol–water partition coefficient (Wildman–Crippen LogP) is 3.49. The van der Waals surface area contributed by atoms with Gasteiger partial charge in [-0.1, -0.05) is 32.9 Å². The van der Waals surface area contributed by atoms with E-state index in [-0.39, 0.29) is 17.8 Å². The van der Waals surface area contributed by atoms with Gasteiger partial charge in [-0.3, -0.25) is 14.4 Å². The molecular weight excluding hydrogens is 355 g/mol. The van der Waals surface area contributed by atoms with E-state index in [1.54, 1.807) is 4.68 Å². The highest BCUT2D eigenvalue weighted by molar-refractivity contribution is 5.92. The number of hydrogen-bond acceptors (Lipinski definition) is 3. The van der Waals surface area contributed by atoms with E-state index in [4.69, 9.17) is 0 Å². The lowest BCUT2D eigenvalue weighted by Crippen LogP contribution is -2.45. The molecule has 1 aliphatic rings. The minimum absolute atomic E-state index is 0.0592. The maximum atomic E-state index is 13.2. The quantitative estimate of drug-likeness (QED) is 0.790. The normalized spacial score (nSPS) is 18.5. The molecule has 1 aromatic carbocycles. The van der Waals surface area contributed by atoms with E-state index in [2.05, 4.69) is 23.8 Å². The van der Waals surface area contributed by atoms with Crippen molar-refractivity contribution in [3.8, 4) is 0 Å². The van der Waals surface area contributed by atoms with Gasteiger partial charge in [0.1, 0.15) is 11.5 Å². The van der Waals surface area contributed by atoms with Crippen molar-refractivity contribution in [3.63, 3.8) is 0 Å². The first kappa shape index (κ1) is 20.5. The summed E-state index contributed by atoms with van der Waals surface area (Å²) >= 11 is 0. The van der Waals surface area contributed by atoms with E-state index >= 15 is 0 Å². The van der Waals surface area contributed by atoms with E-state index in [0.717, 1.165) is 43.7 Å². The van der Waals surface area contributed by atoms with Crippen LogP contribution in [0, 0.1) is 11.7 Å². The van der Waals surface area contributed by atoms with Gasteiger partial charge >= 0.3 is 0 Å². The second-order valence-electron chi connectivity index (χ2n) is 8.01. The Kier molecular flexibility index (Phi) is 6.50. The molecule has 2 heterocycles. The van der Waals surface area contributed by atoms with Gasteiger partial charge in [0, 0.05) is 39.3 Å². The van der Waals surface area contributed by atoms with Gasteiger partial charge in [0.2, 0.25) is 0 Å². The summed E-state index contributed by atoms with van der Waals surface area (Å²) in [5.41, 5.74) is 2.71. The van der Waals surface area contributed by atoms with Crippen molar-refractivity contribution in [2.45, 2.75) is 46.2 Å². The molecule has 1 aromatic heterocycles. The zero-order valence-electron chi connectivity index (χ0n) is 17.4. The minimum atomic E-state index is -0.209. The monoisotopic (exact) mass is 386 g/mol. The Morgan fingerprint density at radius 2 is 1.96 bits per heavy atom.